The first-order valence-electron chi connectivity index (χ1n) is 11.6. The Morgan fingerprint density at radius 3 is 2.62 bits per heavy atom. The fourth-order valence-electron chi connectivity index (χ4n) is 4.20. The van der Waals surface area contributed by atoms with Gasteiger partial charge in [0.1, 0.15) is 11.5 Å². The van der Waals surface area contributed by atoms with Gasteiger partial charge >= 0.3 is 5.97 Å². The van der Waals surface area contributed by atoms with Gasteiger partial charge in [-0.15, -0.1) is 0 Å². The van der Waals surface area contributed by atoms with Gasteiger partial charge in [-0.3, -0.25) is 9.36 Å². The number of rotatable bonds is 5. The molecule has 1 aliphatic heterocycles. The van der Waals surface area contributed by atoms with Gasteiger partial charge in [0.15, 0.2) is 4.80 Å². The third-order valence-electron chi connectivity index (χ3n) is 5.79. The van der Waals surface area contributed by atoms with E-state index in [0.717, 1.165) is 5.56 Å². The van der Waals surface area contributed by atoms with Crippen LogP contribution in [0.3, 0.4) is 0 Å². The van der Waals surface area contributed by atoms with E-state index in [1.54, 1.807) is 61.7 Å². The second-order valence-corrected chi connectivity index (χ2v) is 10.6. The van der Waals surface area contributed by atoms with Crippen LogP contribution in [0.5, 0.6) is 0 Å². The van der Waals surface area contributed by atoms with Crippen LogP contribution in [0.25, 0.3) is 17.4 Å². The summed E-state index contributed by atoms with van der Waals surface area (Å²) in [5.74, 6) is 0.513. The fourth-order valence-corrected chi connectivity index (χ4v) is 5.61. The highest BCUT2D eigenvalue weighted by Gasteiger charge is 2.33. The molecule has 0 fully saturated rings. The van der Waals surface area contributed by atoms with Gasteiger partial charge in [-0.05, 0) is 56.7 Å². The number of hydrogen-bond acceptors (Lipinski definition) is 6. The molecule has 5 rings (SSSR count). The predicted octanol–water partition coefficient (Wildman–Crippen LogP) is 5.75. The van der Waals surface area contributed by atoms with Crippen LogP contribution in [0.15, 0.2) is 86.1 Å². The van der Waals surface area contributed by atoms with Crippen LogP contribution in [0.1, 0.15) is 38.1 Å². The number of carbonyl (C=O) groups is 1. The van der Waals surface area contributed by atoms with E-state index < -0.39 is 12.0 Å². The summed E-state index contributed by atoms with van der Waals surface area (Å²) >= 11 is 13.7. The van der Waals surface area contributed by atoms with Gasteiger partial charge in [0.05, 0.1) is 33.0 Å². The van der Waals surface area contributed by atoms with Gasteiger partial charge in [-0.2, -0.15) is 0 Å². The maximum absolute atomic E-state index is 13.7. The normalized spacial score (nSPS) is 15.6. The van der Waals surface area contributed by atoms with Gasteiger partial charge in [0.2, 0.25) is 0 Å². The molecular formula is C28H22Cl2N2O4S. The zero-order chi connectivity index (χ0) is 26.3. The van der Waals surface area contributed by atoms with Gasteiger partial charge in [0.25, 0.3) is 5.56 Å². The number of ether oxygens (including phenoxy) is 1. The molecule has 0 N–H and O–H groups in total. The molecule has 3 heterocycles. The average Bonchev–Trinajstić information content (AvgIpc) is 3.44. The van der Waals surface area contributed by atoms with Crippen LogP contribution in [0.2, 0.25) is 10.0 Å². The maximum Gasteiger partial charge on any atom is 0.338 e. The number of benzene rings is 2. The highest BCUT2D eigenvalue weighted by atomic mass is 35.5. The largest absolute Gasteiger partial charge is 0.459 e. The number of nitrogens with zero attached hydrogens (tertiary/aromatic N) is 2. The molecule has 6 nitrogen and oxygen atoms in total. The fraction of sp³-hybridized carbons (Fsp3) is 0.179. The van der Waals surface area contributed by atoms with Crippen molar-refractivity contribution >= 4 is 46.6 Å². The Hall–Kier alpha value is -3.39. The van der Waals surface area contributed by atoms with Crippen LogP contribution in [0.4, 0.5) is 0 Å². The molecule has 0 aliphatic carbocycles. The Balaban J connectivity index is 1.63. The molecule has 4 aromatic rings. The molecule has 9 heteroatoms. The van der Waals surface area contributed by atoms with Crippen LogP contribution in [-0.4, -0.2) is 16.6 Å². The molecule has 0 saturated carbocycles. The molecule has 188 valence electrons. The number of aromatic nitrogens is 1. The predicted molar refractivity (Wildman–Crippen MR) is 146 cm³/mol. The molecule has 37 heavy (non-hydrogen) atoms. The Morgan fingerprint density at radius 2 is 1.89 bits per heavy atom. The Morgan fingerprint density at radius 1 is 1.14 bits per heavy atom. The standard InChI is InChI=1S/C28H22Cl2N2O4S/c1-15(2)35-27(34)24-16(3)31-28-32(25(24)17-7-5-4-6-8-17)26(33)23(37-28)14-19-10-12-22(36-19)20-13-18(29)9-11-21(20)30/h4-15,25H,1-3H3. The molecule has 0 radical (unpaired) electrons. The molecule has 0 spiro atoms. The smallest absolute Gasteiger partial charge is 0.338 e. The van der Waals surface area contributed by atoms with E-state index in [9.17, 15) is 9.59 Å². The summed E-state index contributed by atoms with van der Waals surface area (Å²) in [4.78, 5) is 31.9. The summed E-state index contributed by atoms with van der Waals surface area (Å²) in [5, 5.41) is 1.04. The van der Waals surface area contributed by atoms with E-state index in [4.69, 9.17) is 32.4 Å². The first-order chi connectivity index (χ1) is 17.7. The minimum atomic E-state index is -0.664. The first-order valence-corrected chi connectivity index (χ1v) is 13.1. The monoisotopic (exact) mass is 552 g/mol. The van der Waals surface area contributed by atoms with Crippen molar-refractivity contribution in [2.75, 3.05) is 0 Å². The molecule has 0 saturated heterocycles. The number of hydrogen-bond donors (Lipinski definition) is 0. The van der Waals surface area contributed by atoms with Crippen molar-refractivity contribution in [3.63, 3.8) is 0 Å². The van der Waals surface area contributed by atoms with Crippen molar-refractivity contribution in [1.82, 2.24) is 4.57 Å². The van der Waals surface area contributed by atoms with Crippen LogP contribution in [-0.2, 0) is 9.53 Å². The summed E-state index contributed by atoms with van der Waals surface area (Å²) < 4.78 is 13.5. The van der Waals surface area contributed by atoms with E-state index in [0.29, 0.717) is 47.7 Å². The molecule has 0 amide bonds. The van der Waals surface area contributed by atoms with Crippen LogP contribution < -0.4 is 14.9 Å². The zero-order valence-corrected chi connectivity index (χ0v) is 22.5. The lowest BCUT2D eigenvalue weighted by Gasteiger charge is -2.25. The van der Waals surface area contributed by atoms with Gasteiger partial charge in [0, 0.05) is 16.7 Å². The number of esters is 1. The van der Waals surface area contributed by atoms with Crippen LogP contribution in [0, 0.1) is 0 Å². The minimum absolute atomic E-state index is 0.279. The Bertz CT molecular complexity index is 1710. The van der Waals surface area contributed by atoms with E-state index in [2.05, 4.69) is 4.99 Å². The van der Waals surface area contributed by atoms with Crippen molar-refractivity contribution in [3.05, 3.63) is 113 Å². The molecule has 1 atom stereocenters. The van der Waals surface area contributed by atoms with E-state index in [-0.39, 0.29) is 11.7 Å². The summed E-state index contributed by atoms with van der Waals surface area (Å²) in [7, 11) is 0. The lowest BCUT2D eigenvalue weighted by atomic mass is 9.96. The molecular weight excluding hydrogens is 531 g/mol. The SMILES string of the molecule is CC1=C(C(=O)OC(C)C)C(c2ccccc2)n2c(sc(=Cc3ccc(-c4cc(Cl)ccc4Cl)o3)c2=O)=N1. The van der Waals surface area contributed by atoms with Gasteiger partial charge in [-0.25, -0.2) is 9.79 Å². The highest BCUT2D eigenvalue weighted by Crippen LogP contribution is 2.33. The van der Waals surface area contributed by atoms with E-state index in [1.807, 2.05) is 30.3 Å². The lowest BCUT2D eigenvalue weighted by molar-refractivity contribution is -0.143. The second-order valence-electron chi connectivity index (χ2n) is 8.77. The molecule has 2 aromatic carbocycles. The topological polar surface area (TPSA) is 73.8 Å². The number of carbonyl (C=O) groups excluding carboxylic acids is 1. The molecule has 2 aromatic heterocycles. The summed E-state index contributed by atoms with van der Waals surface area (Å²) in [5.41, 5.74) is 2.02. The van der Waals surface area contributed by atoms with Gasteiger partial charge < -0.3 is 9.15 Å². The number of allylic oxidation sites excluding steroid dienone is 1. The minimum Gasteiger partial charge on any atom is -0.459 e. The highest BCUT2D eigenvalue weighted by molar-refractivity contribution is 7.07. The van der Waals surface area contributed by atoms with Crippen molar-refractivity contribution < 1.29 is 13.9 Å². The van der Waals surface area contributed by atoms with Crippen molar-refractivity contribution in [3.8, 4) is 11.3 Å². The number of thiazole rings is 1. The van der Waals surface area contributed by atoms with E-state index in [1.165, 1.54) is 11.3 Å². The number of halogens is 2. The Kier molecular flexibility index (Phi) is 6.94. The molecule has 1 unspecified atom stereocenters. The number of furan rings is 1. The summed E-state index contributed by atoms with van der Waals surface area (Å²) in [6.07, 6.45) is 1.36. The first kappa shape index (κ1) is 25.3. The third kappa shape index (κ3) is 4.94. The molecule has 0 bridgehead atoms. The second kappa shape index (κ2) is 10.2. The third-order valence-corrected chi connectivity index (χ3v) is 7.34. The zero-order valence-electron chi connectivity index (χ0n) is 20.2. The average molecular weight is 553 g/mol. The quantitative estimate of drug-likeness (QED) is 0.295. The molecule has 1 aliphatic rings. The maximum atomic E-state index is 13.7. The van der Waals surface area contributed by atoms with Crippen LogP contribution >= 0.6 is 34.5 Å². The summed E-state index contributed by atoms with van der Waals surface area (Å²) in [6.45, 7) is 5.33. The van der Waals surface area contributed by atoms with Crippen molar-refractivity contribution in [2.24, 2.45) is 4.99 Å². The van der Waals surface area contributed by atoms with Crippen molar-refractivity contribution in [2.45, 2.75) is 32.9 Å². The number of fused-ring (bicyclic) bond motifs is 1. The van der Waals surface area contributed by atoms with Crippen molar-refractivity contribution in [1.29, 1.82) is 0 Å². The Labute approximate surface area is 226 Å². The summed E-state index contributed by atoms with van der Waals surface area (Å²) in [6, 6.07) is 17.4. The van der Waals surface area contributed by atoms with Gasteiger partial charge in [-0.1, -0.05) is 64.9 Å². The van der Waals surface area contributed by atoms with E-state index >= 15 is 0 Å². The lowest BCUT2D eigenvalue weighted by Crippen LogP contribution is -2.40.